The molecule has 1 heterocycles. The molecule has 0 amide bonds. The minimum absolute atomic E-state index is 0.0134. The topological polar surface area (TPSA) is 218 Å². The maximum Gasteiger partial charge on any atom is 0.315 e. The Hall–Kier alpha value is -1.19. The SMILES string of the molecule is CC1(C)CCC2(C(=O)O[C@@H]3O[C@H](CO)[C@@H](O)[C@H](O)[C@H]3O)CC[C@]3(C)C(=CCC4[C@@]5(C)CC(O)C(O)C(CO)(CO)C5CC[C@]43C)C2[C@@H]1O. The van der Waals surface area contributed by atoms with Gasteiger partial charge in [0.15, 0.2) is 0 Å². The zero-order chi connectivity index (χ0) is 35.4. The number of hydrogen-bond donors (Lipinski definition) is 9. The van der Waals surface area contributed by atoms with Crippen molar-refractivity contribution in [3.63, 3.8) is 0 Å². The van der Waals surface area contributed by atoms with Gasteiger partial charge in [0.2, 0.25) is 6.29 Å². The van der Waals surface area contributed by atoms with E-state index in [-0.39, 0.29) is 17.3 Å². The van der Waals surface area contributed by atoms with E-state index in [0.717, 1.165) is 12.0 Å². The molecule has 6 rings (SSSR count). The van der Waals surface area contributed by atoms with Gasteiger partial charge in [-0.1, -0.05) is 46.3 Å². The van der Waals surface area contributed by atoms with E-state index in [1.165, 1.54) is 0 Å². The van der Waals surface area contributed by atoms with Gasteiger partial charge in [-0.3, -0.25) is 4.79 Å². The molecular weight excluding hydrogens is 624 g/mol. The molecule has 274 valence electrons. The van der Waals surface area contributed by atoms with Crippen LogP contribution in [0.2, 0.25) is 0 Å². The Morgan fingerprint density at radius 3 is 2.10 bits per heavy atom. The molecule has 1 aliphatic heterocycles. The standard InChI is InChI=1S/C36H58O12/c1-31(2)10-12-35(30(46)48-29-26(43)25(42)24(41)20(15-37)47-29)13-11-33(4)18(23(35)28(31)45)6-7-21-32(3)14-19(40)27(44)36(16-38,17-39)22(32)8-9-34(21,33)5/h6,19-29,37-45H,7-17H2,1-5H3/t19?,20-,21?,22?,23?,24-,25+,26-,27?,28+,29+,32-,33-,34-,35?/m1/s1. The van der Waals surface area contributed by atoms with Crippen molar-refractivity contribution in [1.29, 1.82) is 0 Å². The summed E-state index contributed by atoms with van der Waals surface area (Å²) < 4.78 is 11.4. The zero-order valence-electron chi connectivity index (χ0n) is 29.0. The van der Waals surface area contributed by atoms with Crippen LogP contribution in [0.5, 0.6) is 0 Å². The van der Waals surface area contributed by atoms with Crippen molar-refractivity contribution in [1.82, 2.24) is 0 Å². The molecule has 0 spiro atoms. The van der Waals surface area contributed by atoms with E-state index in [1.807, 2.05) is 13.8 Å². The Labute approximate surface area is 282 Å². The van der Waals surface area contributed by atoms with Gasteiger partial charge in [0, 0.05) is 11.3 Å². The zero-order valence-corrected chi connectivity index (χ0v) is 29.0. The van der Waals surface area contributed by atoms with Crippen LogP contribution in [0.15, 0.2) is 11.6 Å². The van der Waals surface area contributed by atoms with E-state index in [0.29, 0.717) is 44.9 Å². The number of carbonyl (C=O) groups is 1. The number of hydrogen-bond acceptors (Lipinski definition) is 12. The van der Waals surface area contributed by atoms with Crippen LogP contribution in [0, 0.1) is 50.2 Å². The smallest absolute Gasteiger partial charge is 0.315 e. The predicted octanol–water partition coefficient (Wildman–Crippen LogP) is 0.379. The van der Waals surface area contributed by atoms with Crippen LogP contribution in [-0.2, 0) is 14.3 Å². The van der Waals surface area contributed by atoms with E-state index in [1.54, 1.807) is 0 Å². The molecule has 4 saturated carbocycles. The Bertz CT molecular complexity index is 1280. The molecule has 48 heavy (non-hydrogen) atoms. The first-order valence-corrected chi connectivity index (χ1v) is 17.8. The fourth-order valence-electron chi connectivity index (χ4n) is 12.2. The lowest BCUT2D eigenvalue weighted by Crippen LogP contribution is -2.70. The van der Waals surface area contributed by atoms with Crippen LogP contribution in [0.3, 0.4) is 0 Å². The van der Waals surface area contributed by atoms with E-state index in [9.17, 15) is 50.8 Å². The highest BCUT2D eigenvalue weighted by Gasteiger charge is 2.72. The highest BCUT2D eigenvalue weighted by molar-refractivity contribution is 5.79. The third kappa shape index (κ3) is 4.66. The summed E-state index contributed by atoms with van der Waals surface area (Å²) in [6.45, 7) is 9.07. The van der Waals surface area contributed by atoms with E-state index in [2.05, 4.69) is 26.8 Å². The number of carbonyl (C=O) groups excluding carboxylic acids is 1. The van der Waals surface area contributed by atoms with Crippen molar-refractivity contribution in [3.05, 3.63) is 11.6 Å². The third-order valence-corrected chi connectivity index (χ3v) is 15.5. The van der Waals surface area contributed by atoms with Gasteiger partial charge in [-0.15, -0.1) is 0 Å². The molecule has 1 saturated heterocycles. The Kier molecular flexibility index (Phi) is 9.10. The fraction of sp³-hybridized carbons (Fsp3) is 0.917. The quantitative estimate of drug-likeness (QED) is 0.142. The largest absolute Gasteiger partial charge is 0.432 e. The van der Waals surface area contributed by atoms with Crippen LogP contribution in [0.25, 0.3) is 0 Å². The molecule has 0 aromatic carbocycles. The molecule has 0 radical (unpaired) electrons. The van der Waals surface area contributed by atoms with Gasteiger partial charge in [-0.05, 0) is 84.9 Å². The van der Waals surface area contributed by atoms with Gasteiger partial charge in [-0.2, -0.15) is 0 Å². The maximum atomic E-state index is 14.4. The number of fused-ring (bicyclic) bond motifs is 7. The Morgan fingerprint density at radius 2 is 1.48 bits per heavy atom. The minimum Gasteiger partial charge on any atom is -0.432 e. The molecule has 5 fully saturated rings. The summed E-state index contributed by atoms with van der Waals surface area (Å²) >= 11 is 0. The molecule has 12 nitrogen and oxygen atoms in total. The number of ether oxygens (including phenoxy) is 2. The van der Waals surface area contributed by atoms with Crippen LogP contribution >= 0.6 is 0 Å². The lowest BCUT2D eigenvalue weighted by atomic mass is 9.33. The van der Waals surface area contributed by atoms with Crippen LogP contribution in [0.1, 0.15) is 86.0 Å². The molecular formula is C36H58O12. The average molecular weight is 683 g/mol. The highest BCUT2D eigenvalue weighted by atomic mass is 16.7. The van der Waals surface area contributed by atoms with Crippen molar-refractivity contribution in [2.75, 3.05) is 19.8 Å². The fourth-order valence-corrected chi connectivity index (χ4v) is 12.2. The first-order chi connectivity index (χ1) is 22.3. The van der Waals surface area contributed by atoms with E-state index < -0.39 is 108 Å². The van der Waals surface area contributed by atoms with Gasteiger partial charge in [0.1, 0.15) is 24.4 Å². The number of rotatable bonds is 5. The summed E-state index contributed by atoms with van der Waals surface area (Å²) in [5.41, 5.74) is -3.27. The van der Waals surface area contributed by atoms with Crippen LogP contribution in [-0.4, -0.2) is 121 Å². The maximum absolute atomic E-state index is 14.4. The molecule has 6 unspecified atom stereocenters. The molecule has 5 aliphatic carbocycles. The van der Waals surface area contributed by atoms with Gasteiger partial charge < -0.3 is 55.4 Å². The highest BCUT2D eigenvalue weighted by Crippen LogP contribution is 2.76. The van der Waals surface area contributed by atoms with Gasteiger partial charge in [-0.25, -0.2) is 0 Å². The van der Waals surface area contributed by atoms with Gasteiger partial charge in [0.25, 0.3) is 0 Å². The monoisotopic (exact) mass is 682 g/mol. The van der Waals surface area contributed by atoms with Crippen molar-refractivity contribution in [3.8, 4) is 0 Å². The molecule has 15 atom stereocenters. The van der Waals surface area contributed by atoms with Crippen molar-refractivity contribution in [2.45, 2.75) is 135 Å². The second kappa shape index (κ2) is 11.9. The predicted molar refractivity (Wildman–Crippen MR) is 171 cm³/mol. The lowest BCUT2D eigenvalue weighted by molar-refractivity contribution is -0.298. The molecule has 9 N–H and O–H groups in total. The Morgan fingerprint density at radius 1 is 0.833 bits per heavy atom. The normalized spacial score (nSPS) is 52.5. The summed E-state index contributed by atoms with van der Waals surface area (Å²) in [6.07, 6.45) is -4.76. The first kappa shape index (κ1) is 36.6. The number of aliphatic hydroxyl groups excluding tert-OH is 9. The minimum atomic E-state index is -1.74. The van der Waals surface area contributed by atoms with E-state index in [4.69, 9.17) is 9.47 Å². The third-order valence-electron chi connectivity index (χ3n) is 15.5. The first-order valence-electron chi connectivity index (χ1n) is 17.8. The molecule has 6 aliphatic rings. The molecule has 0 bridgehead atoms. The summed E-state index contributed by atoms with van der Waals surface area (Å²) in [7, 11) is 0. The van der Waals surface area contributed by atoms with Gasteiger partial charge >= 0.3 is 5.97 Å². The summed E-state index contributed by atoms with van der Waals surface area (Å²) in [4.78, 5) is 14.4. The van der Waals surface area contributed by atoms with Gasteiger partial charge in [0.05, 0.1) is 43.5 Å². The second-order valence-corrected chi connectivity index (χ2v) is 17.7. The summed E-state index contributed by atoms with van der Waals surface area (Å²) in [5.74, 6) is -1.49. The Balaban J connectivity index is 1.39. The number of allylic oxidation sites excluding steroid dienone is 1. The van der Waals surface area contributed by atoms with Crippen molar-refractivity contribution >= 4 is 5.97 Å². The molecule has 0 aromatic heterocycles. The number of esters is 1. The van der Waals surface area contributed by atoms with E-state index >= 15 is 0 Å². The average Bonchev–Trinajstić information content (AvgIpc) is 3.04. The second-order valence-electron chi connectivity index (χ2n) is 17.7. The lowest BCUT2D eigenvalue weighted by Gasteiger charge is -2.72. The van der Waals surface area contributed by atoms with Crippen LogP contribution in [0.4, 0.5) is 0 Å². The molecule has 0 aromatic rings. The summed E-state index contributed by atoms with van der Waals surface area (Å²) in [5, 5.41) is 96.6. The van der Waals surface area contributed by atoms with Crippen molar-refractivity contribution < 1.29 is 60.2 Å². The summed E-state index contributed by atoms with van der Waals surface area (Å²) in [6, 6.07) is 0. The molecule has 12 heteroatoms. The number of aliphatic hydroxyl groups is 9. The van der Waals surface area contributed by atoms with Crippen molar-refractivity contribution in [2.24, 2.45) is 50.2 Å². The van der Waals surface area contributed by atoms with Crippen LogP contribution < -0.4 is 0 Å².